The lowest BCUT2D eigenvalue weighted by Crippen LogP contribution is -2.22. The maximum atomic E-state index is 5.80. The number of hydrogen-bond acceptors (Lipinski definition) is 2. The van der Waals surface area contributed by atoms with Crippen LogP contribution in [0.2, 0.25) is 0 Å². The first-order chi connectivity index (χ1) is 11.6. The van der Waals surface area contributed by atoms with Gasteiger partial charge in [0.25, 0.3) is 0 Å². The molecule has 2 atom stereocenters. The van der Waals surface area contributed by atoms with E-state index in [4.69, 9.17) is 9.47 Å². The van der Waals surface area contributed by atoms with Crippen LogP contribution in [0.5, 0.6) is 0 Å². The molecule has 3 heterocycles. The summed E-state index contributed by atoms with van der Waals surface area (Å²) in [5.41, 5.74) is 14.8. The molecule has 2 unspecified atom stereocenters. The molecule has 0 saturated heterocycles. The van der Waals surface area contributed by atoms with E-state index < -0.39 is 0 Å². The lowest BCUT2D eigenvalue weighted by atomic mass is 9.85. The Bertz CT molecular complexity index is 840. The van der Waals surface area contributed by atoms with Crippen molar-refractivity contribution in [2.75, 3.05) is 0 Å². The number of rotatable bonds is 0. The Morgan fingerprint density at radius 1 is 0.542 bits per heavy atom. The molecule has 124 valence electrons. The topological polar surface area (TPSA) is 18.5 Å². The molecular weight excluding hydrogens is 334 g/mol. The first-order valence-electron chi connectivity index (χ1n) is 8.57. The second-order valence-corrected chi connectivity index (χ2v) is 10.1. The van der Waals surface area contributed by atoms with E-state index in [1.54, 1.807) is 10.6 Å². The Hall–Kier alpha value is -0.780. The molecule has 5 rings (SSSR count). The lowest BCUT2D eigenvalue weighted by Gasteiger charge is -2.30. The molecular formula is C20H22O2P2. The summed E-state index contributed by atoms with van der Waals surface area (Å²) >= 11 is 0. The smallest absolute Gasteiger partial charge is 0.0727 e. The summed E-state index contributed by atoms with van der Waals surface area (Å²) in [6.07, 6.45) is 0. The average Bonchev–Trinajstić information content (AvgIpc) is 3.25. The predicted molar refractivity (Wildman–Crippen MR) is 104 cm³/mol. The maximum absolute atomic E-state index is 5.80. The molecule has 0 bridgehead atoms. The minimum absolute atomic E-state index is 0.780. The van der Waals surface area contributed by atoms with Crippen LogP contribution in [0.25, 0.3) is 11.1 Å². The highest BCUT2D eigenvalue weighted by molar-refractivity contribution is 8.19. The van der Waals surface area contributed by atoms with Crippen molar-refractivity contribution in [3.05, 3.63) is 44.5 Å². The van der Waals surface area contributed by atoms with Crippen LogP contribution >= 0.6 is 16.5 Å². The van der Waals surface area contributed by atoms with Gasteiger partial charge in [-0.3, -0.25) is 0 Å². The SMILES string of the molecule is Cc1c2c(c(C)c3c1PPc1c(C)c4c(c(C)c1-3)COC4)COC2. The second kappa shape index (κ2) is 5.36. The summed E-state index contributed by atoms with van der Waals surface area (Å²) in [4.78, 5) is 0. The Morgan fingerprint density at radius 3 is 1.25 bits per heavy atom. The highest BCUT2D eigenvalue weighted by atomic mass is 32.0. The minimum Gasteiger partial charge on any atom is -0.372 e. The quantitative estimate of drug-likeness (QED) is 0.659. The third kappa shape index (κ3) is 1.86. The summed E-state index contributed by atoms with van der Waals surface area (Å²) in [6, 6.07) is 0. The van der Waals surface area contributed by atoms with Crippen molar-refractivity contribution in [1.29, 1.82) is 0 Å². The van der Waals surface area contributed by atoms with Crippen LogP contribution in [-0.4, -0.2) is 0 Å². The highest BCUT2D eigenvalue weighted by Gasteiger charge is 2.32. The van der Waals surface area contributed by atoms with Crippen molar-refractivity contribution in [2.45, 2.75) is 54.1 Å². The Labute approximate surface area is 146 Å². The predicted octanol–water partition coefficient (Wildman–Crippen LogP) is 4.18. The van der Waals surface area contributed by atoms with Crippen LogP contribution in [0.1, 0.15) is 44.5 Å². The van der Waals surface area contributed by atoms with Crippen LogP contribution in [0.15, 0.2) is 0 Å². The minimum atomic E-state index is 0.780. The molecule has 0 fully saturated rings. The highest BCUT2D eigenvalue weighted by Crippen LogP contribution is 2.51. The zero-order valence-electron chi connectivity index (χ0n) is 14.6. The van der Waals surface area contributed by atoms with E-state index in [9.17, 15) is 0 Å². The molecule has 0 N–H and O–H groups in total. The normalized spacial score (nSPS) is 19.5. The largest absolute Gasteiger partial charge is 0.372 e. The third-order valence-electron chi connectivity index (χ3n) is 6.09. The zero-order chi connectivity index (χ0) is 16.6. The van der Waals surface area contributed by atoms with Gasteiger partial charge in [-0.25, -0.2) is 0 Å². The van der Waals surface area contributed by atoms with Crippen molar-refractivity contribution in [1.82, 2.24) is 0 Å². The Balaban J connectivity index is 1.90. The summed E-state index contributed by atoms with van der Waals surface area (Å²) in [5, 5.41) is 3.20. The summed E-state index contributed by atoms with van der Waals surface area (Å²) in [5.74, 6) is 0. The van der Waals surface area contributed by atoms with Gasteiger partial charge in [0.2, 0.25) is 0 Å². The van der Waals surface area contributed by atoms with Crippen molar-refractivity contribution < 1.29 is 9.47 Å². The third-order valence-corrected chi connectivity index (χ3v) is 9.84. The van der Waals surface area contributed by atoms with Gasteiger partial charge >= 0.3 is 0 Å². The maximum Gasteiger partial charge on any atom is 0.0727 e. The molecule has 2 nitrogen and oxygen atoms in total. The number of ether oxygens (including phenoxy) is 2. The van der Waals surface area contributed by atoms with E-state index in [0.29, 0.717) is 0 Å². The van der Waals surface area contributed by atoms with E-state index in [1.165, 1.54) is 55.6 Å². The van der Waals surface area contributed by atoms with E-state index in [0.717, 1.165) is 43.0 Å². The van der Waals surface area contributed by atoms with Crippen molar-refractivity contribution >= 4 is 27.1 Å². The summed E-state index contributed by atoms with van der Waals surface area (Å²) < 4.78 is 11.6. The standard InChI is InChI=1S/C20H22O2P2/c1-9-13-5-21-7-15(13)11(3)19-17(9)18-10(2)14-6-22-8-16(14)12(4)20(18)24-23-19/h23-24H,5-8H2,1-4H3. The lowest BCUT2D eigenvalue weighted by molar-refractivity contribution is 0.134. The van der Waals surface area contributed by atoms with Gasteiger partial charge in [-0.05, 0) is 93.9 Å². The molecule has 2 aromatic carbocycles. The van der Waals surface area contributed by atoms with Gasteiger partial charge in [0.05, 0.1) is 26.4 Å². The van der Waals surface area contributed by atoms with Crippen LogP contribution in [-0.2, 0) is 35.9 Å². The summed E-state index contributed by atoms with van der Waals surface area (Å²) in [7, 11) is 1.80. The number of benzene rings is 2. The van der Waals surface area contributed by atoms with Crippen LogP contribution in [0, 0.1) is 27.7 Å². The molecule has 0 spiro atoms. The average molecular weight is 356 g/mol. The zero-order valence-corrected chi connectivity index (χ0v) is 16.6. The van der Waals surface area contributed by atoms with Gasteiger partial charge in [-0.1, -0.05) is 16.5 Å². The molecule has 0 radical (unpaired) electrons. The molecule has 3 aliphatic heterocycles. The molecule has 3 aliphatic rings. The van der Waals surface area contributed by atoms with E-state index >= 15 is 0 Å². The fraction of sp³-hybridized carbons (Fsp3) is 0.400. The number of fused-ring (bicyclic) bond motifs is 5. The summed E-state index contributed by atoms with van der Waals surface area (Å²) in [6.45, 7) is 12.4. The van der Waals surface area contributed by atoms with Crippen molar-refractivity contribution in [3.63, 3.8) is 0 Å². The fourth-order valence-corrected chi connectivity index (χ4v) is 9.04. The molecule has 0 aromatic heterocycles. The van der Waals surface area contributed by atoms with Gasteiger partial charge in [0.15, 0.2) is 0 Å². The molecule has 24 heavy (non-hydrogen) atoms. The van der Waals surface area contributed by atoms with E-state index in [-0.39, 0.29) is 0 Å². The molecule has 0 saturated carbocycles. The molecule has 2 aromatic rings. The molecule has 0 amide bonds. The fourth-order valence-electron chi connectivity index (χ4n) is 4.61. The van der Waals surface area contributed by atoms with Crippen molar-refractivity contribution in [2.24, 2.45) is 0 Å². The number of hydrogen-bond donors (Lipinski definition) is 0. The first-order valence-corrected chi connectivity index (χ1v) is 11.6. The van der Waals surface area contributed by atoms with Gasteiger partial charge in [-0.2, -0.15) is 0 Å². The second-order valence-electron chi connectivity index (χ2n) is 7.15. The Morgan fingerprint density at radius 2 is 0.875 bits per heavy atom. The van der Waals surface area contributed by atoms with Crippen LogP contribution in [0.3, 0.4) is 0 Å². The monoisotopic (exact) mass is 356 g/mol. The van der Waals surface area contributed by atoms with Gasteiger partial charge in [0.1, 0.15) is 0 Å². The first kappa shape index (κ1) is 15.5. The van der Waals surface area contributed by atoms with E-state index in [2.05, 4.69) is 27.7 Å². The molecule has 0 aliphatic carbocycles. The van der Waals surface area contributed by atoms with Crippen molar-refractivity contribution in [3.8, 4) is 11.1 Å². The van der Waals surface area contributed by atoms with E-state index in [1.807, 2.05) is 0 Å². The van der Waals surface area contributed by atoms with Gasteiger partial charge in [0, 0.05) is 0 Å². The van der Waals surface area contributed by atoms with Gasteiger partial charge < -0.3 is 9.47 Å². The van der Waals surface area contributed by atoms with Crippen LogP contribution < -0.4 is 10.6 Å². The Kier molecular flexibility index (Phi) is 3.45. The van der Waals surface area contributed by atoms with Crippen LogP contribution in [0.4, 0.5) is 0 Å². The van der Waals surface area contributed by atoms with Gasteiger partial charge in [-0.15, -0.1) is 0 Å². The molecule has 4 heteroatoms.